The van der Waals surface area contributed by atoms with Crippen LogP contribution in [-0.2, 0) is 6.42 Å². The second-order valence-corrected chi connectivity index (χ2v) is 7.22. The van der Waals surface area contributed by atoms with Gasteiger partial charge in [-0.05, 0) is 36.8 Å². The topological polar surface area (TPSA) is 37.8 Å². The predicted octanol–water partition coefficient (Wildman–Crippen LogP) is 3.75. The molecule has 2 rings (SSSR count). The number of hydrogen-bond acceptors (Lipinski definition) is 5. The van der Waals surface area contributed by atoms with Gasteiger partial charge in [0.25, 0.3) is 0 Å². The van der Waals surface area contributed by atoms with Crippen LogP contribution in [0.5, 0.6) is 0 Å². The Labute approximate surface area is 125 Å². The lowest BCUT2D eigenvalue weighted by Crippen LogP contribution is -2.39. The van der Waals surface area contributed by atoms with Gasteiger partial charge >= 0.3 is 0 Å². The van der Waals surface area contributed by atoms with Crippen LogP contribution in [0, 0.1) is 5.92 Å². The quantitative estimate of drug-likeness (QED) is 0.778. The molecule has 1 aliphatic carbocycles. The monoisotopic (exact) mass is 299 g/mol. The molecule has 1 saturated carbocycles. The van der Waals surface area contributed by atoms with Gasteiger partial charge in [0.1, 0.15) is 5.82 Å². The Morgan fingerprint density at radius 3 is 2.74 bits per heavy atom. The molecule has 1 atom stereocenters. The number of thioether (sulfide) groups is 1. The van der Waals surface area contributed by atoms with Crippen molar-refractivity contribution in [3.63, 3.8) is 0 Å². The van der Waals surface area contributed by atoms with E-state index in [1.807, 2.05) is 11.8 Å². The molecule has 3 nitrogen and oxygen atoms in total. The number of nitrogens with zero attached hydrogens (tertiary/aromatic N) is 2. The van der Waals surface area contributed by atoms with Crippen molar-refractivity contribution >= 4 is 23.3 Å². The lowest BCUT2D eigenvalue weighted by atomic mass is 9.84. The number of rotatable bonds is 7. The maximum absolute atomic E-state index is 4.55. The van der Waals surface area contributed by atoms with Crippen LogP contribution in [0.25, 0.3) is 0 Å². The van der Waals surface area contributed by atoms with Gasteiger partial charge in [0.15, 0.2) is 4.34 Å². The molecule has 0 spiro atoms. The fourth-order valence-electron chi connectivity index (χ4n) is 2.76. The Kier molecular flexibility index (Phi) is 6.61. The second kappa shape index (κ2) is 8.22. The van der Waals surface area contributed by atoms with Crippen LogP contribution in [0.3, 0.4) is 0 Å². The third kappa shape index (κ3) is 4.72. The highest BCUT2D eigenvalue weighted by molar-refractivity contribution is 8.00. The molecule has 1 heterocycles. The van der Waals surface area contributed by atoms with E-state index in [4.69, 9.17) is 0 Å². The van der Waals surface area contributed by atoms with Crippen LogP contribution in [-0.4, -0.2) is 27.7 Å². The lowest BCUT2D eigenvalue weighted by Gasteiger charge is -2.30. The summed E-state index contributed by atoms with van der Waals surface area (Å²) >= 11 is 3.44. The molecule has 1 unspecified atom stereocenters. The summed E-state index contributed by atoms with van der Waals surface area (Å²) in [6, 6.07) is 0.643. The van der Waals surface area contributed by atoms with Crippen molar-refractivity contribution in [2.75, 3.05) is 12.3 Å². The smallest absolute Gasteiger partial charge is 0.170 e. The summed E-state index contributed by atoms with van der Waals surface area (Å²) < 4.78 is 5.50. The van der Waals surface area contributed by atoms with Gasteiger partial charge in [0, 0.05) is 18.2 Å². The second-order valence-electron chi connectivity index (χ2n) is 5.20. The summed E-state index contributed by atoms with van der Waals surface area (Å²) in [4.78, 5) is 4.55. The van der Waals surface area contributed by atoms with Crippen LogP contribution in [0.1, 0.15) is 51.8 Å². The maximum atomic E-state index is 4.55. The van der Waals surface area contributed by atoms with Crippen molar-refractivity contribution in [3.05, 3.63) is 5.82 Å². The number of hydrogen-bond donors (Lipinski definition) is 1. The number of aryl methyl sites for hydroxylation is 1. The zero-order valence-corrected chi connectivity index (χ0v) is 13.7. The SMILES string of the molecule is CCNC(CSc1nc(CC)ns1)C1CCCCC1. The van der Waals surface area contributed by atoms with E-state index in [1.54, 1.807) is 11.5 Å². The highest BCUT2D eigenvalue weighted by atomic mass is 32.2. The molecule has 1 N–H and O–H groups in total. The summed E-state index contributed by atoms with van der Waals surface area (Å²) in [5, 5.41) is 3.68. The van der Waals surface area contributed by atoms with Crippen molar-refractivity contribution in [2.45, 2.75) is 62.8 Å². The predicted molar refractivity (Wildman–Crippen MR) is 84.1 cm³/mol. The highest BCUT2D eigenvalue weighted by Gasteiger charge is 2.23. The molecule has 0 amide bonds. The van der Waals surface area contributed by atoms with Crippen LogP contribution in [0.2, 0.25) is 0 Å². The molecule has 5 heteroatoms. The minimum absolute atomic E-state index is 0.643. The van der Waals surface area contributed by atoms with Crippen molar-refractivity contribution in [1.82, 2.24) is 14.7 Å². The van der Waals surface area contributed by atoms with Crippen molar-refractivity contribution in [2.24, 2.45) is 5.92 Å². The van der Waals surface area contributed by atoms with Gasteiger partial charge in [-0.15, -0.1) is 0 Å². The van der Waals surface area contributed by atoms with Gasteiger partial charge in [0.2, 0.25) is 0 Å². The minimum Gasteiger partial charge on any atom is -0.313 e. The Morgan fingerprint density at radius 1 is 1.32 bits per heavy atom. The number of aromatic nitrogens is 2. The van der Waals surface area contributed by atoms with Crippen LogP contribution in [0.15, 0.2) is 4.34 Å². The maximum Gasteiger partial charge on any atom is 0.170 e. The summed E-state index contributed by atoms with van der Waals surface area (Å²) in [6.45, 7) is 5.39. The van der Waals surface area contributed by atoms with Gasteiger partial charge in [-0.2, -0.15) is 4.37 Å². The minimum atomic E-state index is 0.643. The fraction of sp³-hybridized carbons (Fsp3) is 0.857. The molecular formula is C14H25N3S2. The highest BCUT2D eigenvalue weighted by Crippen LogP contribution is 2.30. The molecule has 1 aromatic heterocycles. The summed E-state index contributed by atoms with van der Waals surface area (Å²) in [5.74, 6) is 2.99. The molecule has 0 aliphatic heterocycles. The fourth-order valence-corrected chi connectivity index (χ4v) is 4.67. The first-order valence-electron chi connectivity index (χ1n) is 7.52. The molecule has 0 radical (unpaired) electrons. The van der Waals surface area contributed by atoms with E-state index in [-0.39, 0.29) is 0 Å². The standard InChI is InChI=1S/C14H25N3S2/c1-3-13-16-14(19-17-13)18-10-12(15-4-2)11-8-6-5-7-9-11/h11-12,15H,3-10H2,1-2H3. The van der Waals surface area contributed by atoms with E-state index in [1.165, 1.54) is 32.1 Å². The van der Waals surface area contributed by atoms with Gasteiger partial charge in [0.05, 0.1) is 0 Å². The lowest BCUT2D eigenvalue weighted by molar-refractivity contribution is 0.288. The van der Waals surface area contributed by atoms with Gasteiger partial charge in [-0.1, -0.05) is 44.9 Å². The molecule has 1 aromatic rings. The summed E-state index contributed by atoms with van der Waals surface area (Å²) in [6.07, 6.45) is 7.99. The van der Waals surface area contributed by atoms with Crippen molar-refractivity contribution in [3.8, 4) is 0 Å². The van der Waals surface area contributed by atoms with E-state index < -0.39 is 0 Å². The average molecular weight is 300 g/mol. The molecule has 0 saturated heterocycles. The van der Waals surface area contributed by atoms with E-state index >= 15 is 0 Å². The van der Waals surface area contributed by atoms with Crippen LogP contribution >= 0.6 is 23.3 Å². The van der Waals surface area contributed by atoms with E-state index in [9.17, 15) is 0 Å². The first-order chi connectivity index (χ1) is 9.33. The Balaban J connectivity index is 1.85. The van der Waals surface area contributed by atoms with Crippen LogP contribution < -0.4 is 5.32 Å². The third-order valence-electron chi connectivity index (χ3n) is 3.84. The van der Waals surface area contributed by atoms with E-state index in [2.05, 4.69) is 28.5 Å². The van der Waals surface area contributed by atoms with Crippen LogP contribution in [0.4, 0.5) is 0 Å². The molecule has 1 aliphatic rings. The van der Waals surface area contributed by atoms with E-state index in [0.29, 0.717) is 6.04 Å². The molecule has 0 bridgehead atoms. The molecule has 1 fully saturated rings. The molecule has 108 valence electrons. The molecule has 0 aromatic carbocycles. The van der Waals surface area contributed by atoms with Gasteiger partial charge in [-0.25, -0.2) is 4.98 Å². The van der Waals surface area contributed by atoms with Gasteiger partial charge in [-0.3, -0.25) is 0 Å². The Hall–Kier alpha value is -0.130. The van der Waals surface area contributed by atoms with E-state index in [0.717, 1.165) is 34.8 Å². The number of nitrogens with one attached hydrogen (secondary N) is 1. The normalized spacial score (nSPS) is 18.6. The Morgan fingerprint density at radius 2 is 2.11 bits per heavy atom. The summed E-state index contributed by atoms with van der Waals surface area (Å²) in [5.41, 5.74) is 0. The third-order valence-corrected chi connectivity index (χ3v) is 5.83. The molecule has 19 heavy (non-hydrogen) atoms. The Bertz CT molecular complexity index is 361. The largest absolute Gasteiger partial charge is 0.313 e. The van der Waals surface area contributed by atoms with Crippen molar-refractivity contribution < 1.29 is 0 Å². The zero-order valence-electron chi connectivity index (χ0n) is 12.0. The van der Waals surface area contributed by atoms with Crippen molar-refractivity contribution in [1.29, 1.82) is 0 Å². The summed E-state index contributed by atoms with van der Waals surface area (Å²) in [7, 11) is 0. The molecular weight excluding hydrogens is 274 g/mol. The average Bonchev–Trinajstić information content (AvgIpc) is 2.92. The van der Waals surface area contributed by atoms with Gasteiger partial charge < -0.3 is 5.32 Å². The first kappa shape index (κ1) is 15.3. The zero-order chi connectivity index (χ0) is 13.5. The first-order valence-corrected chi connectivity index (χ1v) is 9.28.